The van der Waals surface area contributed by atoms with E-state index in [1.54, 1.807) is 0 Å². The topological polar surface area (TPSA) is 35.2 Å². The first-order chi connectivity index (χ1) is 6.53. The van der Waals surface area contributed by atoms with E-state index in [-0.39, 0.29) is 13.2 Å². The van der Waals surface area contributed by atoms with Crippen LogP contribution in [0.5, 0.6) is 5.75 Å². The van der Waals surface area contributed by atoms with Gasteiger partial charge in [-0.15, -0.1) is 0 Å². The maximum Gasteiger partial charge on any atom is 0.154 e. The van der Waals surface area contributed by atoms with Crippen LogP contribution in [0, 0.1) is 6.92 Å². The molecule has 0 radical (unpaired) electrons. The number of rotatable bonds is 4. The Bertz CT molecular complexity index is 282. The summed E-state index contributed by atoms with van der Waals surface area (Å²) in [4.78, 5) is 0. The van der Waals surface area contributed by atoms with E-state index < -0.39 is 5.67 Å². The van der Waals surface area contributed by atoms with Crippen molar-refractivity contribution >= 4 is 0 Å². The fraction of sp³-hybridized carbons (Fsp3) is 0.455. The highest BCUT2D eigenvalue weighted by Crippen LogP contribution is 2.15. The molecule has 0 saturated carbocycles. The summed E-state index contributed by atoms with van der Waals surface area (Å²) in [5, 5.41) is 0. The highest BCUT2D eigenvalue weighted by molar-refractivity contribution is 5.26. The smallest absolute Gasteiger partial charge is 0.154 e. The van der Waals surface area contributed by atoms with Gasteiger partial charge in [0, 0.05) is 6.54 Å². The molecular formula is C11H16FNO. The average molecular weight is 197 g/mol. The molecule has 1 aromatic carbocycles. The minimum Gasteiger partial charge on any atom is -0.490 e. The molecule has 1 unspecified atom stereocenters. The quantitative estimate of drug-likeness (QED) is 0.801. The molecule has 0 aliphatic carbocycles. The van der Waals surface area contributed by atoms with Crippen LogP contribution in [0.15, 0.2) is 24.3 Å². The molecule has 78 valence electrons. The minimum absolute atomic E-state index is 0.00738. The summed E-state index contributed by atoms with van der Waals surface area (Å²) in [6.45, 7) is 3.38. The van der Waals surface area contributed by atoms with Crippen LogP contribution in [0.2, 0.25) is 0 Å². The lowest BCUT2D eigenvalue weighted by molar-refractivity contribution is 0.110. The van der Waals surface area contributed by atoms with Crippen LogP contribution in [0.3, 0.4) is 0 Å². The van der Waals surface area contributed by atoms with Crippen molar-refractivity contribution in [2.24, 2.45) is 5.73 Å². The standard InChI is InChI=1S/C11H16FNO/c1-9-3-5-10(6-4-9)14-8-11(2,12)7-13/h3-6H,7-8,13H2,1-2H3. The third-order valence-corrected chi connectivity index (χ3v) is 1.99. The second-order valence-electron chi connectivity index (χ2n) is 3.72. The van der Waals surface area contributed by atoms with Crippen LogP contribution in [0.1, 0.15) is 12.5 Å². The van der Waals surface area contributed by atoms with Gasteiger partial charge in [0.05, 0.1) is 0 Å². The van der Waals surface area contributed by atoms with Gasteiger partial charge in [-0.3, -0.25) is 0 Å². The normalized spacial score (nSPS) is 14.9. The number of hydrogen-bond donors (Lipinski definition) is 1. The lowest BCUT2D eigenvalue weighted by Crippen LogP contribution is -2.35. The first-order valence-electron chi connectivity index (χ1n) is 4.62. The van der Waals surface area contributed by atoms with Crippen molar-refractivity contribution in [3.8, 4) is 5.75 Å². The summed E-state index contributed by atoms with van der Waals surface area (Å²) in [6, 6.07) is 7.49. The van der Waals surface area contributed by atoms with Gasteiger partial charge in [-0.05, 0) is 26.0 Å². The van der Waals surface area contributed by atoms with E-state index in [1.165, 1.54) is 6.92 Å². The molecule has 0 spiro atoms. The molecular weight excluding hydrogens is 181 g/mol. The van der Waals surface area contributed by atoms with Crippen LogP contribution in [0.25, 0.3) is 0 Å². The molecule has 2 N–H and O–H groups in total. The maximum absolute atomic E-state index is 13.3. The average Bonchev–Trinajstić information content (AvgIpc) is 2.17. The van der Waals surface area contributed by atoms with Gasteiger partial charge in [-0.25, -0.2) is 4.39 Å². The summed E-state index contributed by atoms with van der Waals surface area (Å²) >= 11 is 0. The zero-order chi connectivity index (χ0) is 10.6. The first-order valence-corrected chi connectivity index (χ1v) is 4.62. The fourth-order valence-electron chi connectivity index (χ4n) is 0.927. The molecule has 1 atom stereocenters. The second-order valence-corrected chi connectivity index (χ2v) is 3.72. The number of halogens is 1. The molecule has 1 rings (SSSR count). The van der Waals surface area contributed by atoms with E-state index in [2.05, 4.69) is 0 Å². The van der Waals surface area contributed by atoms with Crippen molar-refractivity contribution in [3.05, 3.63) is 29.8 Å². The van der Waals surface area contributed by atoms with Crippen LogP contribution >= 0.6 is 0 Å². The van der Waals surface area contributed by atoms with Crippen molar-refractivity contribution in [3.63, 3.8) is 0 Å². The first kappa shape index (κ1) is 11.0. The van der Waals surface area contributed by atoms with Crippen LogP contribution in [0.4, 0.5) is 4.39 Å². The maximum atomic E-state index is 13.3. The molecule has 0 heterocycles. The summed E-state index contributed by atoms with van der Waals surface area (Å²) in [6.07, 6.45) is 0. The Balaban J connectivity index is 2.50. The van der Waals surface area contributed by atoms with Gasteiger partial charge in [-0.2, -0.15) is 0 Å². The zero-order valence-electron chi connectivity index (χ0n) is 8.59. The molecule has 14 heavy (non-hydrogen) atoms. The fourth-order valence-corrected chi connectivity index (χ4v) is 0.927. The number of nitrogens with two attached hydrogens (primary N) is 1. The Morgan fingerprint density at radius 1 is 1.36 bits per heavy atom. The number of alkyl halides is 1. The lowest BCUT2D eigenvalue weighted by Gasteiger charge is -2.18. The summed E-state index contributed by atoms with van der Waals surface area (Å²) < 4.78 is 18.6. The van der Waals surface area contributed by atoms with Crippen LogP contribution in [-0.2, 0) is 0 Å². The highest BCUT2D eigenvalue weighted by atomic mass is 19.1. The number of aryl methyl sites for hydroxylation is 1. The Hall–Kier alpha value is -1.09. The molecule has 0 bridgehead atoms. The van der Waals surface area contributed by atoms with Gasteiger partial charge in [0.25, 0.3) is 0 Å². The molecule has 0 saturated heterocycles. The van der Waals surface area contributed by atoms with E-state index in [4.69, 9.17) is 10.5 Å². The van der Waals surface area contributed by atoms with E-state index in [9.17, 15) is 4.39 Å². The van der Waals surface area contributed by atoms with E-state index >= 15 is 0 Å². The van der Waals surface area contributed by atoms with Gasteiger partial charge in [-0.1, -0.05) is 17.7 Å². The Labute approximate surface area is 83.9 Å². The Morgan fingerprint density at radius 3 is 2.43 bits per heavy atom. The molecule has 0 aliphatic rings. The minimum atomic E-state index is -1.45. The van der Waals surface area contributed by atoms with Gasteiger partial charge in [0.1, 0.15) is 12.4 Å². The molecule has 2 nitrogen and oxygen atoms in total. The van der Waals surface area contributed by atoms with Crippen molar-refractivity contribution < 1.29 is 9.13 Å². The van der Waals surface area contributed by atoms with Crippen LogP contribution in [-0.4, -0.2) is 18.8 Å². The van der Waals surface area contributed by atoms with Crippen molar-refractivity contribution in [1.29, 1.82) is 0 Å². The summed E-state index contributed by atoms with van der Waals surface area (Å²) in [5.74, 6) is 0.674. The summed E-state index contributed by atoms with van der Waals surface area (Å²) in [7, 11) is 0. The number of hydrogen-bond acceptors (Lipinski definition) is 2. The second kappa shape index (κ2) is 4.42. The summed E-state index contributed by atoms with van der Waals surface area (Å²) in [5.41, 5.74) is 4.94. The molecule has 0 fully saturated rings. The molecule has 0 aromatic heterocycles. The SMILES string of the molecule is Cc1ccc(OCC(C)(F)CN)cc1. The third kappa shape index (κ3) is 3.34. The monoisotopic (exact) mass is 197 g/mol. The predicted octanol–water partition coefficient (Wildman–Crippen LogP) is 2.06. The third-order valence-electron chi connectivity index (χ3n) is 1.99. The number of benzene rings is 1. The van der Waals surface area contributed by atoms with E-state index in [0.29, 0.717) is 5.75 Å². The molecule has 0 amide bonds. The Kier molecular flexibility index (Phi) is 3.47. The van der Waals surface area contributed by atoms with Gasteiger partial charge in [0.2, 0.25) is 0 Å². The van der Waals surface area contributed by atoms with Crippen molar-refractivity contribution in [1.82, 2.24) is 0 Å². The predicted molar refractivity (Wildman–Crippen MR) is 55.2 cm³/mol. The number of ether oxygens (including phenoxy) is 1. The molecule has 0 aliphatic heterocycles. The highest BCUT2D eigenvalue weighted by Gasteiger charge is 2.21. The Morgan fingerprint density at radius 2 is 1.93 bits per heavy atom. The van der Waals surface area contributed by atoms with Gasteiger partial charge >= 0.3 is 0 Å². The van der Waals surface area contributed by atoms with E-state index in [0.717, 1.165) is 5.56 Å². The molecule has 1 aromatic rings. The van der Waals surface area contributed by atoms with Gasteiger partial charge in [0.15, 0.2) is 5.67 Å². The van der Waals surface area contributed by atoms with E-state index in [1.807, 2.05) is 31.2 Å². The largest absolute Gasteiger partial charge is 0.490 e. The van der Waals surface area contributed by atoms with Crippen LogP contribution < -0.4 is 10.5 Å². The van der Waals surface area contributed by atoms with Gasteiger partial charge < -0.3 is 10.5 Å². The van der Waals surface area contributed by atoms with Crippen molar-refractivity contribution in [2.45, 2.75) is 19.5 Å². The molecule has 3 heteroatoms. The zero-order valence-corrected chi connectivity index (χ0v) is 8.59. The lowest BCUT2D eigenvalue weighted by atomic mass is 10.1. The van der Waals surface area contributed by atoms with Crippen molar-refractivity contribution in [2.75, 3.05) is 13.2 Å².